The van der Waals surface area contributed by atoms with Gasteiger partial charge in [0.2, 0.25) is 0 Å². The third-order valence-corrected chi connectivity index (χ3v) is 5.76. The van der Waals surface area contributed by atoms with E-state index in [0.717, 1.165) is 24.0 Å². The highest BCUT2D eigenvalue weighted by Gasteiger charge is 2.09. The Balaban J connectivity index is 1.38. The molecule has 36 heavy (non-hydrogen) atoms. The van der Waals surface area contributed by atoms with Crippen LogP contribution < -0.4 is 0 Å². The topological polar surface area (TPSA) is 59.4 Å². The molecule has 184 valence electrons. The molecule has 1 heterocycles. The summed E-state index contributed by atoms with van der Waals surface area (Å²) < 4.78 is 4.71. The van der Waals surface area contributed by atoms with Gasteiger partial charge in [-0.1, -0.05) is 79.7 Å². The first kappa shape index (κ1) is 26.7. The smallest absolute Gasteiger partial charge is 0.356 e. The molecule has 4 nitrogen and oxygen atoms in total. The van der Waals surface area contributed by atoms with Gasteiger partial charge in [0, 0.05) is 23.1 Å². The third-order valence-electron chi connectivity index (χ3n) is 5.76. The Morgan fingerprint density at radius 3 is 2.14 bits per heavy atom. The quantitative estimate of drug-likeness (QED) is 0.217. The Hall–Kier alpha value is -3.86. The second-order valence-corrected chi connectivity index (χ2v) is 8.62. The summed E-state index contributed by atoms with van der Waals surface area (Å²) in [5, 5.41) is 9.38. The standard InChI is InChI=1S/C32H33NO3/c1-36-32(35)31-24-29(23-30(25-34)33-31)22-21-28-19-17-27(18-20-28)16-10-7-5-3-2-4-6-9-13-26-14-11-8-12-15-26/h8,11-12,14-15,17-20,23-24,34H,2-7,9,13,25H2,1H3. The first-order chi connectivity index (χ1) is 17.7. The van der Waals surface area contributed by atoms with Crippen LogP contribution in [0.4, 0.5) is 0 Å². The van der Waals surface area contributed by atoms with Gasteiger partial charge < -0.3 is 9.84 Å². The van der Waals surface area contributed by atoms with Crippen LogP contribution in [-0.4, -0.2) is 23.2 Å². The van der Waals surface area contributed by atoms with E-state index >= 15 is 0 Å². The number of carbonyl (C=O) groups is 1. The maximum atomic E-state index is 11.8. The van der Waals surface area contributed by atoms with E-state index in [0.29, 0.717) is 11.3 Å². The van der Waals surface area contributed by atoms with Crippen LogP contribution in [0.5, 0.6) is 0 Å². The average molecular weight is 480 g/mol. The minimum atomic E-state index is -0.560. The number of hydrogen-bond donors (Lipinski definition) is 1. The fraction of sp³-hybridized carbons (Fsp3) is 0.312. The van der Waals surface area contributed by atoms with Crippen molar-refractivity contribution in [1.29, 1.82) is 0 Å². The van der Waals surface area contributed by atoms with Crippen LogP contribution in [0.15, 0.2) is 66.7 Å². The van der Waals surface area contributed by atoms with E-state index in [4.69, 9.17) is 4.74 Å². The molecule has 3 aromatic rings. The normalized spacial score (nSPS) is 10.1. The van der Waals surface area contributed by atoms with Crippen LogP contribution in [0, 0.1) is 23.7 Å². The number of pyridine rings is 1. The number of aliphatic hydroxyl groups is 1. The molecule has 0 amide bonds. The highest BCUT2D eigenvalue weighted by Crippen LogP contribution is 2.11. The number of esters is 1. The molecule has 1 N–H and O–H groups in total. The fourth-order valence-corrected chi connectivity index (χ4v) is 3.79. The molecular weight excluding hydrogens is 446 g/mol. The van der Waals surface area contributed by atoms with Crippen molar-refractivity contribution in [2.45, 2.75) is 58.0 Å². The summed E-state index contributed by atoms with van der Waals surface area (Å²) in [6.07, 6.45) is 9.63. The molecule has 0 fully saturated rings. The van der Waals surface area contributed by atoms with Gasteiger partial charge >= 0.3 is 5.97 Å². The molecule has 3 rings (SSSR count). The molecule has 0 aliphatic heterocycles. The Labute approximate surface area is 214 Å². The van der Waals surface area contributed by atoms with Crippen molar-refractivity contribution in [3.05, 3.63) is 100 Å². The zero-order valence-corrected chi connectivity index (χ0v) is 20.9. The second-order valence-electron chi connectivity index (χ2n) is 8.62. The average Bonchev–Trinajstić information content (AvgIpc) is 2.93. The van der Waals surface area contributed by atoms with Crippen LogP contribution in [0.2, 0.25) is 0 Å². The Bertz CT molecular complexity index is 1230. The van der Waals surface area contributed by atoms with Gasteiger partial charge in [0.05, 0.1) is 19.4 Å². The predicted octanol–water partition coefficient (Wildman–Crippen LogP) is 6.09. The van der Waals surface area contributed by atoms with Crippen molar-refractivity contribution in [2.75, 3.05) is 7.11 Å². The second kappa shape index (κ2) is 15.2. The van der Waals surface area contributed by atoms with E-state index in [1.807, 2.05) is 24.3 Å². The van der Waals surface area contributed by atoms with Gasteiger partial charge in [-0.2, -0.15) is 0 Å². The first-order valence-corrected chi connectivity index (χ1v) is 12.5. The summed E-state index contributed by atoms with van der Waals surface area (Å²) in [5.74, 6) is 12.0. The molecule has 0 unspecified atom stereocenters. The van der Waals surface area contributed by atoms with Gasteiger partial charge in [-0.25, -0.2) is 9.78 Å². The predicted molar refractivity (Wildman–Crippen MR) is 143 cm³/mol. The summed E-state index contributed by atoms with van der Waals surface area (Å²) in [6.45, 7) is -0.276. The lowest BCUT2D eigenvalue weighted by molar-refractivity contribution is 0.0593. The zero-order valence-electron chi connectivity index (χ0n) is 20.9. The SMILES string of the molecule is COC(=O)c1cc(C#Cc2ccc(C#CCCCCCCCCc3ccccc3)cc2)cc(CO)n1. The van der Waals surface area contributed by atoms with E-state index in [1.54, 1.807) is 12.1 Å². The number of aryl methyl sites for hydroxylation is 1. The zero-order chi connectivity index (χ0) is 25.4. The minimum absolute atomic E-state index is 0.127. The van der Waals surface area contributed by atoms with Crippen molar-refractivity contribution in [3.63, 3.8) is 0 Å². The molecule has 0 saturated heterocycles. The molecule has 4 heteroatoms. The van der Waals surface area contributed by atoms with Crippen molar-refractivity contribution in [1.82, 2.24) is 4.98 Å². The lowest BCUT2D eigenvalue weighted by atomic mass is 10.0. The van der Waals surface area contributed by atoms with E-state index < -0.39 is 5.97 Å². The van der Waals surface area contributed by atoms with E-state index in [9.17, 15) is 9.90 Å². The number of aliphatic hydroxyl groups excluding tert-OH is 1. The summed E-state index contributed by atoms with van der Waals surface area (Å²) in [7, 11) is 1.29. The van der Waals surface area contributed by atoms with Crippen LogP contribution in [0.3, 0.4) is 0 Å². The molecular formula is C32H33NO3. The summed E-state index contributed by atoms with van der Waals surface area (Å²) in [4.78, 5) is 15.8. The van der Waals surface area contributed by atoms with Crippen molar-refractivity contribution in [3.8, 4) is 23.7 Å². The highest BCUT2D eigenvalue weighted by atomic mass is 16.5. The van der Waals surface area contributed by atoms with E-state index in [1.165, 1.54) is 51.2 Å². The Morgan fingerprint density at radius 1 is 0.806 bits per heavy atom. The first-order valence-electron chi connectivity index (χ1n) is 12.5. The summed E-state index contributed by atoms with van der Waals surface area (Å²) in [5.41, 5.74) is 4.34. The fourth-order valence-electron chi connectivity index (χ4n) is 3.79. The van der Waals surface area contributed by atoms with Crippen molar-refractivity contribution >= 4 is 5.97 Å². The number of ether oxygens (including phenoxy) is 1. The molecule has 1 aromatic heterocycles. The van der Waals surface area contributed by atoms with E-state index in [2.05, 4.69) is 59.0 Å². The van der Waals surface area contributed by atoms with Gasteiger partial charge in [-0.05, 0) is 61.2 Å². The molecule has 0 aliphatic carbocycles. The van der Waals surface area contributed by atoms with Gasteiger partial charge in [-0.3, -0.25) is 0 Å². The molecule has 2 aromatic carbocycles. The van der Waals surface area contributed by atoms with Gasteiger partial charge in [0.1, 0.15) is 5.69 Å². The molecule has 0 saturated carbocycles. The molecule has 0 radical (unpaired) electrons. The summed E-state index contributed by atoms with van der Waals surface area (Å²) >= 11 is 0. The Morgan fingerprint density at radius 2 is 1.44 bits per heavy atom. The van der Waals surface area contributed by atoms with Crippen molar-refractivity contribution < 1.29 is 14.6 Å². The molecule has 0 aliphatic rings. The molecule has 0 bridgehead atoms. The van der Waals surface area contributed by atoms with Crippen LogP contribution >= 0.6 is 0 Å². The minimum Gasteiger partial charge on any atom is -0.464 e. The Kier molecular flexibility index (Phi) is 11.3. The number of unbranched alkanes of at least 4 members (excludes halogenated alkanes) is 6. The van der Waals surface area contributed by atoms with Crippen molar-refractivity contribution in [2.24, 2.45) is 0 Å². The number of aromatic nitrogens is 1. The largest absolute Gasteiger partial charge is 0.464 e. The number of nitrogens with zero attached hydrogens (tertiary/aromatic N) is 1. The number of hydrogen-bond acceptors (Lipinski definition) is 4. The molecule has 0 spiro atoms. The van der Waals surface area contributed by atoms with Crippen LogP contribution in [0.25, 0.3) is 0 Å². The maximum absolute atomic E-state index is 11.8. The highest BCUT2D eigenvalue weighted by molar-refractivity contribution is 5.87. The van der Waals surface area contributed by atoms with E-state index in [-0.39, 0.29) is 12.3 Å². The molecule has 0 atom stereocenters. The van der Waals surface area contributed by atoms with Gasteiger partial charge in [0.25, 0.3) is 0 Å². The van der Waals surface area contributed by atoms with Crippen LogP contribution in [0.1, 0.15) is 83.4 Å². The van der Waals surface area contributed by atoms with Crippen LogP contribution in [-0.2, 0) is 17.8 Å². The van der Waals surface area contributed by atoms with Gasteiger partial charge in [0.15, 0.2) is 0 Å². The lowest BCUT2D eigenvalue weighted by Crippen LogP contribution is -2.07. The number of benzene rings is 2. The maximum Gasteiger partial charge on any atom is 0.356 e. The number of rotatable bonds is 10. The summed E-state index contributed by atoms with van der Waals surface area (Å²) in [6, 6.07) is 21.7. The monoisotopic (exact) mass is 479 g/mol. The number of methoxy groups -OCH3 is 1. The van der Waals surface area contributed by atoms with Gasteiger partial charge in [-0.15, -0.1) is 0 Å². The third kappa shape index (κ3) is 9.41. The number of carbonyl (C=O) groups excluding carboxylic acids is 1. The lowest BCUT2D eigenvalue weighted by Gasteiger charge is -2.02.